The molecule has 0 saturated heterocycles. The van der Waals surface area contributed by atoms with Gasteiger partial charge in [0.25, 0.3) is 5.91 Å². The number of hydrogen-bond donors (Lipinski definition) is 1. The maximum atomic E-state index is 12.3. The summed E-state index contributed by atoms with van der Waals surface area (Å²) < 4.78 is 30.9. The minimum Gasteiger partial charge on any atom is -0.383 e. The normalized spacial score (nSPS) is 12.5. The van der Waals surface area contributed by atoms with Gasteiger partial charge in [-0.3, -0.25) is 9.10 Å². The van der Waals surface area contributed by atoms with Gasteiger partial charge < -0.3 is 10.1 Å². The number of hydrogen-bond acceptors (Lipinski definition) is 4. The first kappa shape index (κ1) is 22.5. The van der Waals surface area contributed by atoms with Crippen molar-refractivity contribution in [2.24, 2.45) is 0 Å². The number of nitrogens with zero attached hydrogens (tertiary/aromatic N) is 1. The summed E-state index contributed by atoms with van der Waals surface area (Å²) in [6.45, 7) is 2.20. The quantitative estimate of drug-likeness (QED) is 0.672. The first-order valence-electron chi connectivity index (χ1n) is 8.44. The summed E-state index contributed by atoms with van der Waals surface area (Å²) in [6, 6.07) is 11.1. The third kappa shape index (κ3) is 5.85. The number of amides is 1. The molecule has 9 heteroatoms. The van der Waals surface area contributed by atoms with Crippen molar-refractivity contribution in [3.8, 4) is 0 Å². The van der Waals surface area contributed by atoms with Crippen LogP contribution in [0.3, 0.4) is 0 Å². The van der Waals surface area contributed by atoms with E-state index in [1.165, 1.54) is 4.31 Å². The van der Waals surface area contributed by atoms with E-state index in [1.54, 1.807) is 49.6 Å². The van der Waals surface area contributed by atoms with Gasteiger partial charge in [0.1, 0.15) is 0 Å². The van der Waals surface area contributed by atoms with E-state index < -0.39 is 10.0 Å². The van der Waals surface area contributed by atoms with E-state index >= 15 is 0 Å². The van der Waals surface area contributed by atoms with E-state index in [4.69, 9.17) is 27.9 Å². The minimum absolute atomic E-state index is 0.0201. The first-order chi connectivity index (χ1) is 13.1. The summed E-state index contributed by atoms with van der Waals surface area (Å²) in [5.41, 5.74) is 1.32. The lowest BCUT2D eigenvalue weighted by molar-refractivity contribution is 0.0905. The van der Waals surface area contributed by atoms with Gasteiger partial charge in [0.05, 0.1) is 25.1 Å². The predicted octanol–water partition coefficient (Wildman–Crippen LogP) is 3.72. The standard InChI is InChI=1S/C19H22Cl2N2O4S/c1-13(12-27-2)22-19(24)14-7-9-15(10-8-14)23(28(3,25)26)11-16-17(20)5-4-6-18(16)21/h4-10,13H,11-12H2,1-3H3,(H,22,24)/t13-/m1/s1. The van der Waals surface area contributed by atoms with Gasteiger partial charge in [-0.25, -0.2) is 8.42 Å². The molecular weight excluding hydrogens is 423 g/mol. The Labute approximate surface area is 175 Å². The molecule has 28 heavy (non-hydrogen) atoms. The first-order valence-corrected chi connectivity index (χ1v) is 11.0. The topological polar surface area (TPSA) is 75.7 Å². The van der Waals surface area contributed by atoms with E-state index in [1.807, 2.05) is 6.92 Å². The van der Waals surface area contributed by atoms with Crippen molar-refractivity contribution >= 4 is 44.8 Å². The van der Waals surface area contributed by atoms with Crippen molar-refractivity contribution < 1.29 is 17.9 Å². The fourth-order valence-corrected chi connectivity index (χ4v) is 3.99. The predicted molar refractivity (Wildman–Crippen MR) is 113 cm³/mol. The van der Waals surface area contributed by atoms with Gasteiger partial charge in [0.15, 0.2) is 0 Å². The molecule has 0 heterocycles. The molecule has 0 aliphatic rings. The molecule has 0 saturated carbocycles. The number of rotatable bonds is 8. The fraction of sp³-hybridized carbons (Fsp3) is 0.316. The molecule has 2 aromatic carbocycles. The molecular formula is C19H22Cl2N2O4S. The highest BCUT2D eigenvalue weighted by Gasteiger charge is 2.21. The Hall–Kier alpha value is -1.80. The second-order valence-corrected chi connectivity index (χ2v) is 9.07. The molecule has 0 aliphatic carbocycles. The van der Waals surface area contributed by atoms with Crippen molar-refractivity contribution in [2.75, 3.05) is 24.3 Å². The monoisotopic (exact) mass is 444 g/mol. The largest absolute Gasteiger partial charge is 0.383 e. The SMILES string of the molecule is COC[C@@H](C)NC(=O)c1ccc(N(Cc2c(Cl)cccc2Cl)S(C)(=O)=O)cc1. The van der Waals surface area contributed by atoms with Crippen LogP contribution >= 0.6 is 23.2 Å². The van der Waals surface area contributed by atoms with Crippen molar-refractivity contribution in [1.82, 2.24) is 5.32 Å². The Morgan fingerprint density at radius 1 is 1.14 bits per heavy atom. The van der Waals surface area contributed by atoms with E-state index in [2.05, 4.69) is 5.32 Å². The van der Waals surface area contributed by atoms with Crippen LogP contribution in [0.25, 0.3) is 0 Å². The molecule has 0 fully saturated rings. The van der Waals surface area contributed by atoms with Crippen LogP contribution < -0.4 is 9.62 Å². The zero-order chi connectivity index (χ0) is 20.9. The Bertz CT molecular complexity index is 913. The molecule has 152 valence electrons. The number of carbonyl (C=O) groups excluding carboxylic acids is 1. The smallest absolute Gasteiger partial charge is 0.251 e. The van der Waals surface area contributed by atoms with Crippen LogP contribution in [0.5, 0.6) is 0 Å². The lowest BCUT2D eigenvalue weighted by atomic mass is 10.1. The minimum atomic E-state index is -3.61. The van der Waals surface area contributed by atoms with Crippen molar-refractivity contribution in [1.29, 1.82) is 0 Å². The van der Waals surface area contributed by atoms with Gasteiger partial charge >= 0.3 is 0 Å². The Morgan fingerprint density at radius 3 is 2.21 bits per heavy atom. The van der Waals surface area contributed by atoms with Crippen molar-refractivity contribution in [3.63, 3.8) is 0 Å². The fourth-order valence-electron chi connectivity index (χ4n) is 2.60. The summed E-state index contributed by atoms with van der Waals surface area (Å²) in [5.74, 6) is -0.267. The molecule has 1 atom stereocenters. The van der Waals surface area contributed by atoms with Crippen molar-refractivity contribution in [2.45, 2.75) is 19.5 Å². The van der Waals surface area contributed by atoms with E-state index in [9.17, 15) is 13.2 Å². The molecule has 2 aromatic rings. The van der Waals surface area contributed by atoms with Crippen LogP contribution in [0.15, 0.2) is 42.5 Å². The molecule has 6 nitrogen and oxygen atoms in total. The van der Waals surface area contributed by atoms with Gasteiger partial charge in [0, 0.05) is 34.3 Å². The Morgan fingerprint density at radius 2 is 1.71 bits per heavy atom. The number of halogens is 2. The number of ether oxygens (including phenoxy) is 1. The van der Waals surface area contributed by atoms with Crippen LogP contribution in [0, 0.1) is 0 Å². The zero-order valence-electron chi connectivity index (χ0n) is 15.8. The maximum absolute atomic E-state index is 12.3. The number of benzene rings is 2. The second kappa shape index (κ2) is 9.60. The van der Waals surface area contributed by atoms with Crippen LogP contribution in [0.2, 0.25) is 10.0 Å². The number of anilines is 1. The van der Waals surface area contributed by atoms with Gasteiger partial charge in [0.2, 0.25) is 10.0 Å². The van der Waals surface area contributed by atoms with E-state index in [0.717, 1.165) is 6.26 Å². The van der Waals surface area contributed by atoms with E-state index in [-0.39, 0.29) is 18.5 Å². The highest BCUT2D eigenvalue weighted by molar-refractivity contribution is 7.92. The second-order valence-electron chi connectivity index (χ2n) is 6.35. The van der Waals surface area contributed by atoms with E-state index in [0.29, 0.717) is 33.5 Å². The number of sulfonamides is 1. The third-order valence-corrected chi connectivity index (χ3v) is 5.82. The lowest BCUT2D eigenvalue weighted by Gasteiger charge is -2.24. The van der Waals surface area contributed by atoms with Crippen LogP contribution in [0.1, 0.15) is 22.8 Å². The highest BCUT2D eigenvalue weighted by atomic mass is 35.5. The number of nitrogens with one attached hydrogen (secondary N) is 1. The molecule has 1 N–H and O–H groups in total. The van der Waals surface area contributed by atoms with Gasteiger partial charge in [-0.15, -0.1) is 0 Å². The zero-order valence-corrected chi connectivity index (χ0v) is 18.1. The summed E-state index contributed by atoms with van der Waals surface area (Å²) in [5, 5.41) is 3.56. The molecule has 0 aliphatic heterocycles. The number of methoxy groups -OCH3 is 1. The molecule has 1 amide bonds. The molecule has 0 radical (unpaired) electrons. The van der Waals surface area contributed by atoms with Crippen LogP contribution in [0.4, 0.5) is 5.69 Å². The number of carbonyl (C=O) groups is 1. The van der Waals surface area contributed by atoms with Gasteiger partial charge in [-0.05, 0) is 43.3 Å². The van der Waals surface area contributed by atoms with Crippen LogP contribution in [-0.4, -0.2) is 40.3 Å². The summed E-state index contributed by atoms with van der Waals surface area (Å²) >= 11 is 12.4. The molecule has 0 aromatic heterocycles. The third-order valence-electron chi connectivity index (χ3n) is 3.98. The van der Waals surface area contributed by atoms with Crippen molar-refractivity contribution in [3.05, 3.63) is 63.6 Å². The maximum Gasteiger partial charge on any atom is 0.251 e. The molecule has 0 unspecified atom stereocenters. The summed E-state index contributed by atoms with van der Waals surface area (Å²) in [6.07, 6.45) is 1.10. The average Bonchev–Trinajstić information content (AvgIpc) is 2.60. The molecule has 0 bridgehead atoms. The average molecular weight is 445 g/mol. The Kier molecular flexibility index (Phi) is 7.71. The lowest BCUT2D eigenvalue weighted by Crippen LogP contribution is -2.35. The van der Waals surface area contributed by atoms with Gasteiger partial charge in [-0.2, -0.15) is 0 Å². The summed E-state index contributed by atoms with van der Waals surface area (Å²) in [4.78, 5) is 12.3. The molecule has 0 spiro atoms. The summed E-state index contributed by atoms with van der Waals surface area (Å²) in [7, 11) is -2.05. The van der Waals surface area contributed by atoms with Gasteiger partial charge in [-0.1, -0.05) is 29.3 Å². The Balaban J connectivity index is 2.27. The molecule has 2 rings (SSSR count). The van der Waals surface area contributed by atoms with Crippen LogP contribution in [-0.2, 0) is 21.3 Å². The highest BCUT2D eigenvalue weighted by Crippen LogP contribution is 2.29.